The average molecular weight is 450 g/mol. The van der Waals surface area contributed by atoms with Crippen LogP contribution in [-0.2, 0) is 21.4 Å². The fraction of sp³-hybridized carbons (Fsp3) is 0.174. The molecule has 32 heavy (non-hydrogen) atoms. The molecule has 0 fully saturated rings. The number of hydrogen-bond donors (Lipinski definition) is 2. The number of benzene rings is 3. The fourth-order valence-corrected chi connectivity index (χ4v) is 4.48. The van der Waals surface area contributed by atoms with Crippen LogP contribution in [0.25, 0.3) is 10.8 Å². The van der Waals surface area contributed by atoms with Crippen molar-refractivity contribution < 1.29 is 13.2 Å². The SMILES string of the molecule is O=C(CCNS(=O)(=O)c1ccc2ccccc2c1)NC(Cn1cncn1)c1ccccc1. The Balaban J connectivity index is 1.37. The molecule has 0 spiro atoms. The summed E-state index contributed by atoms with van der Waals surface area (Å²) in [6.07, 6.45) is 3.03. The van der Waals surface area contributed by atoms with Crippen LogP contribution < -0.4 is 10.0 Å². The van der Waals surface area contributed by atoms with Crippen molar-refractivity contribution in [1.82, 2.24) is 24.8 Å². The summed E-state index contributed by atoms with van der Waals surface area (Å²) in [4.78, 5) is 16.7. The van der Waals surface area contributed by atoms with Crippen molar-refractivity contribution in [3.8, 4) is 0 Å². The van der Waals surface area contributed by atoms with Crippen molar-refractivity contribution in [2.75, 3.05) is 6.54 Å². The molecule has 0 bridgehead atoms. The van der Waals surface area contributed by atoms with E-state index in [9.17, 15) is 13.2 Å². The smallest absolute Gasteiger partial charge is 0.240 e. The lowest BCUT2D eigenvalue weighted by Gasteiger charge is -2.19. The molecule has 3 aromatic carbocycles. The van der Waals surface area contributed by atoms with E-state index in [2.05, 4.69) is 20.1 Å². The second-order valence-corrected chi connectivity index (χ2v) is 9.07. The number of carbonyl (C=O) groups excluding carboxylic acids is 1. The zero-order valence-electron chi connectivity index (χ0n) is 17.3. The number of amides is 1. The zero-order chi connectivity index (χ0) is 22.4. The first-order valence-electron chi connectivity index (χ1n) is 10.2. The summed E-state index contributed by atoms with van der Waals surface area (Å²) < 4.78 is 29.5. The van der Waals surface area contributed by atoms with Gasteiger partial charge in [-0.25, -0.2) is 18.1 Å². The van der Waals surface area contributed by atoms with E-state index in [1.54, 1.807) is 29.2 Å². The van der Waals surface area contributed by atoms with Crippen LogP contribution in [0.1, 0.15) is 18.0 Å². The summed E-state index contributed by atoms with van der Waals surface area (Å²) in [5.41, 5.74) is 0.924. The van der Waals surface area contributed by atoms with E-state index < -0.39 is 10.0 Å². The highest BCUT2D eigenvalue weighted by molar-refractivity contribution is 7.89. The van der Waals surface area contributed by atoms with Gasteiger partial charge in [0.25, 0.3) is 0 Å². The largest absolute Gasteiger partial charge is 0.347 e. The summed E-state index contributed by atoms with van der Waals surface area (Å²) in [5.74, 6) is -0.264. The molecule has 1 aromatic heterocycles. The van der Waals surface area contributed by atoms with E-state index in [0.29, 0.717) is 6.54 Å². The number of nitrogens with zero attached hydrogens (tertiary/aromatic N) is 3. The van der Waals surface area contributed by atoms with Crippen molar-refractivity contribution in [1.29, 1.82) is 0 Å². The lowest BCUT2D eigenvalue weighted by molar-refractivity contribution is -0.121. The van der Waals surface area contributed by atoms with Crippen molar-refractivity contribution in [3.63, 3.8) is 0 Å². The average Bonchev–Trinajstić information content (AvgIpc) is 3.32. The molecule has 1 heterocycles. The normalized spacial score (nSPS) is 12.5. The van der Waals surface area contributed by atoms with Gasteiger partial charge in [-0.3, -0.25) is 9.48 Å². The summed E-state index contributed by atoms with van der Waals surface area (Å²) in [5, 5.41) is 8.86. The molecule has 1 amide bonds. The Hall–Kier alpha value is -3.56. The first kappa shape index (κ1) is 21.7. The molecular formula is C23H23N5O3S. The number of hydrogen-bond acceptors (Lipinski definition) is 5. The molecule has 0 aliphatic carbocycles. The first-order valence-corrected chi connectivity index (χ1v) is 11.6. The quantitative estimate of drug-likeness (QED) is 0.409. The Bertz CT molecular complexity index is 1290. The van der Waals surface area contributed by atoms with Crippen LogP contribution in [-0.4, -0.2) is 35.6 Å². The van der Waals surface area contributed by atoms with Gasteiger partial charge in [-0.15, -0.1) is 0 Å². The molecule has 0 saturated heterocycles. The highest BCUT2D eigenvalue weighted by atomic mass is 32.2. The molecule has 9 heteroatoms. The number of aromatic nitrogens is 3. The van der Waals surface area contributed by atoms with E-state index >= 15 is 0 Å². The molecule has 0 aliphatic rings. The predicted molar refractivity (Wildman–Crippen MR) is 121 cm³/mol. The van der Waals surface area contributed by atoms with Gasteiger partial charge < -0.3 is 5.32 Å². The van der Waals surface area contributed by atoms with Gasteiger partial charge in [-0.1, -0.05) is 60.7 Å². The van der Waals surface area contributed by atoms with Crippen molar-refractivity contribution in [2.45, 2.75) is 23.9 Å². The number of sulfonamides is 1. The molecule has 1 unspecified atom stereocenters. The lowest BCUT2D eigenvalue weighted by Crippen LogP contribution is -2.34. The van der Waals surface area contributed by atoms with Gasteiger partial charge in [0.05, 0.1) is 17.5 Å². The van der Waals surface area contributed by atoms with Crippen LogP contribution in [0.2, 0.25) is 0 Å². The monoisotopic (exact) mass is 449 g/mol. The molecule has 8 nitrogen and oxygen atoms in total. The van der Waals surface area contributed by atoms with Gasteiger partial charge in [0.2, 0.25) is 15.9 Å². The Kier molecular flexibility index (Phi) is 6.58. The molecule has 0 radical (unpaired) electrons. The van der Waals surface area contributed by atoms with E-state index in [-0.39, 0.29) is 29.8 Å². The van der Waals surface area contributed by atoms with Gasteiger partial charge in [0.15, 0.2) is 0 Å². The molecule has 4 rings (SSSR count). The van der Waals surface area contributed by atoms with Crippen LogP contribution in [0.15, 0.2) is 90.3 Å². The molecule has 2 N–H and O–H groups in total. The minimum atomic E-state index is -3.72. The molecule has 4 aromatic rings. The van der Waals surface area contributed by atoms with E-state index in [1.807, 2.05) is 54.6 Å². The maximum atomic E-state index is 12.7. The van der Waals surface area contributed by atoms with Gasteiger partial charge in [-0.2, -0.15) is 5.10 Å². The summed E-state index contributed by atoms with van der Waals surface area (Å²) in [6, 6.07) is 21.7. The van der Waals surface area contributed by atoms with Crippen LogP contribution in [0.3, 0.4) is 0 Å². The fourth-order valence-electron chi connectivity index (χ4n) is 3.42. The Morgan fingerprint density at radius 1 is 0.969 bits per heavy atom. The third-order valence-corrected chi connectivity index (χ3v) is 6.51. The summed E-state index contributed by atoms with van der Waals surface area (Å²) >= 11 is 0. The van der Waals surface area contributed by atoms with Gasteiger partial charge in [0, 0.05) is 13.0 Å². The molecular weight excluding hydrogens is 426 g/mol. The van der Waals surface area contributed by atoms with Gasteiger partial charge in [0.1, 0.15) is 12.7 Å². The molecule has 164 valence electrons. The van der Waals surface area contributed by atoms with Crippen molar-refractivity contribution in [2.24, 2.45) is 0 Å². The minimum Gasteiger partial charge on any atom is -0.347 e. The van der Waals surface area contributed by atoms with Crippen LogP contribution >= 0.6 is 0 Å². The molecule has 0 saturated carbocycles. The minimum absolute atomic E-state index is 0.00744. The molecule has 1 atom stereocenters. The van der Waals surface area contributed by atoms with Gasteiger partial charge in [-0.05, 0) is 28.5 Å². The first-order chi connectivity index (χ1) is 15.5. The van der Waals surface area contributed by atoms with Crippen LogP contribution in [0, 0.1) is 0 Å². The Morgan fingerprint density at radius 2 is 1.72 bits per heavy atom. The standard InChI is InChI=1S/C23H23N5O3S/c29-23(27-22(15-28-17-24-16-25-28)19-7-2-1-3-8-19)12-13-26-32(30,31)21-11-10-18-6-4-5-9-20(18)14-21/h1-11,14,16-17,22,26H,12-13,15H2,(H,27,29). The topological polar surface area (TPSA) is 106 Å². The van der Waals surface area contributed by atoms with Crippen molar-refractivity contribution >= 4 is 26.7 Å². The third kappa shape index (κ3) is 5.37. The van der Waals surface area contributed by atoms with Gasteiger partial charge >= 0.3 is 0 Å². The van der Waals surface area contributed by atoms with Crippen LogP contribution in [0.4, 0.5) is 0 Å². The second kappa shape index (κ2) is 9.71. The highest BCUT2D eigenvalue weighted by Gasteiger charge is 2.18. The Labute approximate surface area is 186 Å². The Morgan fingerprint density at radius 3 is 2.47 bits per heavy atom. The number of fused-ring (bicyclic) bond motifs is 1. The predicted octanol–water partition coefficient (Wildman–Crippen LogP) is 2.66. The zero-order valence-corrected chi connectivity index (χ0v) is 18.1. The molecule has 0 aliphatic heterocycles. The van der Waals surface area contributed by atoms with E-state index in [1.165, 1.54) is 6.33 Å². The van der Waals surface area contributed by atoms with E-state index in [4.69, 9.17) is 0 Å². The van der Waals surface area contributed by atoms with Crippen LogP contribution in [0.5, 0.6) is 0 Å². The highest BCUT2D eigenvalue weighted by Crippen LogP contribution is 2.19. The second-order valence-electron chi connectivity index (χ2n) is 7.31. The summed E-state index contributed by atoms with van der Waals surface area (Å²) in [6.45, 7) is 0.407. The van der Waals surface area contributed by atoms with E-state index in [0.717, 1.165) is 16.3 Å². The van der Waals surface area contributed by atoms with Crippen molar-refractivity contribution in [3.05, 3.63) is 91.0 Å². The number of nitrogens with one attached hydrogen (secondary N) is 2. The maximum absolute atomic E-state index is 12.7. The number of rotatable bonds is 9. The number of carbonyl (C=O) groups is 1. The third-order valence-electron chi connectivity index (χ3n) is 5.05. The summed E-state index contributed by atoms with van der Waals surface area (Å²) in [7, 11) is -3.72. The lowest BCUT2D eigenvalue weighted by atomic mass is 10.1. The maximum Gasteiger partial charge on any atom is 0.240 e.